The molecule has 0 saturated carbocycles. The van der Waals surface area contributed by atoms with E-state index in [-0.39, 0.29) is 24.0 Å². The first-order valence-corrected chi connectivity index (χ1v) is 11.8. The number of amides is 2. The number of rotatable bonds is 11. The molecule has 0 unspecified atom stereocenters. The number of carbonyl (C=O) groups excluding carboxylic acids is 2. The summed E-state index contributed by atoms with van der Waals surface area (Å²) in [4.78, 5) is 28.8. The number of anilines is 1. The Labute approximate surface area is 195 Å². The third-order valence-electron chi connectivity index (χ3n) is 4.45. The molecule has 7 nitrogen and oxygen atoms in total. The molecule has 0 aliphatic carbocycles. The highest BCUT2D eigenvalue weighted by molar-refractivity contribution is 8.01. The number of nitrogens with one attached hydrogen (secondary N) is 2. The summed E-state index contributed by atoms with van der Waals surface area (Å²) in [5.41, 5.74) is 2.51. The normalized spacial score (nSPS) is 10.4. The summed E-state index contributed by atoms with van der Waals surface area (Å²) in [7, 11) is 3.22. The summed E-state index contributed by atoms with van der Waals surface area (Å²) < 4.78 is 11.1. The van der Waals surface area contributed by atoms with Gasteiger partial charge in [-0.2, -0.15) is 0 Å². The Bertz CT molecular complexity index is 1040. The molecule has 0 aliphatic heterocycles. The number of benzene rings is 2. The molecule has 2 N–H and O–H groups in total. The van der Waals surface area contributed by atoms with Gasteiger partial charge in [0.05, 0.1) is 32.1 Å². The number of carbonyl (C=O) groups is 2. The molecule has 3 rings (SSSR count). The van der Waals surface area contributed by atoms with Gasteiger partial charge in [-0.3, -0.25) is 9.59 Å². The Balaban J connectivity index is 1.37. The Morgan fingerprint density at radius 1 is 1.03 bits per heavy atom. The van der Waals surface area contributed by atoms with E-state index < -0.39 is 0 Å². The number of thioether (sulfide) groups is 1. The summed E-state index contributed by atoms with van der Waals surface area (Å²) in [6.07, 6.45) is 0.964. The van der Waals surface area contributed by atoms with Crippen LogP contribution in [0.3, 0.4) is 0 Å². The Kier molecular flexibility index (Phi) is 8.94. The average molecular weight is 472 g/mol. The van der Waals surface area contributed by atoms with E-state index in [0.29, 0.717) is 23.7 Å². The van der Waals surface area contributed by atoms with Crippen LogP contribution in [0.1, 0.15) is 11.3 Å². The van der Waals surface area contributed by atoms with E-state index in [4.69, 9.17) is 9.47 Å². The molecular formula is C23H25N3O4S2. The smallest absolute Gasteiger partial charge is 0.234 e. The summed E-state index contributed by atoms with van der Waals surface area (Å²) in [5.74, 6) is 1.53. The predicted octanol–water partition coefficient (Wildman–Crippen LogP) is 3.79. The monoisotopic (exact) mass is 471 g/mol. The molecule has 168 valence electrons. The van der Waals surface area contributed by atoms with Crippen LogP contribution in [0.25, 0.3) is 0 Å². The van der Waals surface area contributed by atoms with Crippen molar-refractivity contribution in [2.75, 3.05) is 31.8 Å². The molecule has 0 saturated heterocycles. The van der Waals surface area contributed by atoms with E-state index in [0.717, 1.165) is 22.1 Å². The van der Waals surface area contributed by atoms with E-state index in [1.165, 1.54) is 23.1 Å². The quantitative estimate of drug-likeness (QED) is 0.414. The molecule has 3 aromatic rings. The number of aromatic nitrogens is 1. The van der Waals surface area contributed by atoms with Crippen molar-refractivity contribution in [2.24, 2.45) is 0 Å². The highest BCUT2D eigenvalue weighted by Gasteiger charge is 2.10. The van der Waals surface area contributed by atoms with Crippen molar-refractivity contribution in [1.29, 1.82) is 0 Å². The number of nitrogens with zero attached hydrogens (tertiary/aromatic N) is 1. The lowest BCUT2D eigenvalue weighted by molar-refractivity contribution is -0.120. The average Bonchev–Trinajstić information content (AvgIpc) is 3.25. The molecule has 0 aliphatic rings. The molecule has 0 bridgehead atoms. The maximum absolute atomic E-state index is 12.2. The van der Waals surface area contributed by atoms with Gasteiger partial charge in [-0.15, -0.1) is 11.3 Å². The zero-order chi connectivity index (χ0) is 22.8. The van der Waals surface area contributed by atoms with Gasteiger partial charge < -0.3 is 20.1 Å². The first-order chi connectivity index (χ1) is 15.6. The lowest BCUT2D eigenvalue weighted by Gasteiger charge is -2.06. The van der Waals surface area contributed by atoms with Crippen molar-refractivity contribution in [3.05, 3.63) is 65.2 Å². The summed E-state index contributed by atoms with van der Waals surface area (Å²) in [6, 6.07) is 15.0. The van der Waals surface area contributed by atoms with Crippen LogP contribution in [0.5, 0.6) is 11.5 Å². The fourth-order valence-electron chi connectivity index (χ4n) is 2.83. The van der Waals surface area contributed by atoms with Gasteiger partial charge >= 0.3 is 0 Å². The second kappa shape index (κ2) is 12.1. The largest absolute Gasteiger partial charge is 0.497 e. The molecule has 0 spiro atoms. The predicted molar refractivity (Wildman–Crippen MR) is 128 cm³/mol. The molecule has 0 fully saturated rings. The SMILES string of the molecule is COc1ccc(CCNC(=O)Cc2csc(SCC(=O)Nc3cccc(OC)c3)n2)cc1. The van der Waals surface area contributed by atoms with Crippen molar-refractivity contribution < 1.29 is 19.1 Å². The fourth-order valence-corrected chi connectivity index (χ4v) is 4.47. The minimum atomic E-state index is -0.128. The number of hydrogen-bond acceptors (Lipinski definition) is 7. The lowest BCUT2D eigenvalue weighted by atomic mass is 10.1. The molecule has 9 heteroatoms. The number of hydrogen-bond donors (Lipinski definition) is 2. The van der Waals surface area contributed by atoms with Gasteiger partial charge in [0, 0.05) is 23.7 Å². The van der Waals surface area contributed by atoms with Crippen LogP contribution in [-0.4, -0.2) is 43.3 Å². The summed E-state index contributed by atoms with van der Waals surface area (Å²) in [5, 5.41) is 7.61. The van der Waals surface area contributed by atoms with E-state index in [2.05, 4.69) is 15.6 Å². The van der Waals surface area contributed by atoms with Crippen LogP contribution in [-0.2, 0) is 22.4 Å². The summed E-state index contributed by atoms with van der Waals surface area (Å²) in [6.45, 7) is 0.557. The highest BCUT2D eigenvalue weighted by Crippen LogP contribution is 2.23. The number of ether oxygens (including phenoxy) is 2. The fraction of sp³-hybridized carbons (Fsp3) is 0.261. The Morgan fingerprint density at radius 3 is 2.56 bits per heavy atom. The van der Waals surface area contributed by atoms with Crippen molar-refractivity contribution in [3.63, 3.8) is 0 Å². The Morgan fingerprint density at radius 2 is 1.81 bits per heavy atom. The third-order valence-corrected chi connectivity index (χ3v) is 6.52. The van der Waals surface area contributed by atoms with Gasteiger partial charge in [0.15, 0.2) is 4.34 Å². The second-order valence-corrected chi connectivity index (χ2v) is 8.88. The molecule has 32 heavy (non-hydrogen) atoms. The van der Waals surface area contributed by atoms with Crippen molar-refractivity contribution in [3.8, 4) is 11.5 Å². The first kappa shape index (κ1) is 23.6. The molecule has 2 amide bonds. The Hall–Kier alpha value is -3.04. The molecule has 0 radical (unpaired) electrons. The minimum Gasteiger partial charge on any atom is -0.497 e. The molecule has 1 heterocycles. The minimum absolute atomic E-state index is 0.0730. The van der Waals surface area contributed by atoms with Gasteiger partial charge in [-0.1, -0.05) is 30.0 Å². The number of thiazole rings is 1. The second-order valence-electron chi connectivity index (χ2n) is 6.80. The third kappa shape index (κ3) is 7.58. The molecule has 0 atom stereocenters. The zero-order valence-corrected chi connectivity index (χ0v) is 19.6. The molecule has 1 aromatic heterocycles. The van der Waals surface area contributed by atoms with Gasteiger partial charge in [0.2, 0.25) is 11.8 Å². The van der Waals surface area contributed by atoms with E-state index >= 15 is 0 Å². The van der Waals surface area contributed by atoms with Gasteiger partial charge in [-0.25, -0.2) is 4.98 Å². The van der Waals surface area contributed by atoms with Gasteiger partial charge in [0.25, 0.3) is 0 Å². The maximum atomic E-state index is 12.2. The van der Waals surface area contributed by atoms with E-state index in [1.54, 1.807) is 26.4 Å². The van der Waals surface area contributed by atoms with E-state index in [1.807, 2.05) is 41.8 Å². The van der Waals surface area contributed by atoms with Gasteiger partial charge in [-0.05, 0) is 36.2 Å². The first-order valence-electron chi connectivity index (χ1n) is 9.96. The standard InChI is InChI=1S/C23H25N3O4S2/c1-29-19-8-6-16(7-9-19)10-11-24-21(27)13-18-14-31-23(26-18)32-15-22(28)25-17-4-3-5-20(12-17)30-2/h3-9,12,14H,10-11,13,15H2,1-2H3,(H,24,27)(H,25,28). The summed E-state index contributed by atoms with van der Waals surface area (Å²) >= 11 is 2.78. The zero-order valence-electron chi connectivity index (χ0n) is 17.9. The van der Waals surface area contributed by atoms with Gasteiger partial charge in [0.1, 0.15) is 11.5 Å². The van der Waals surface area contributed by atoms with Crippen LogP contribution in [0.15, 0.2) is 58.3 Å². The van der Waals surface area contributed by atoms with E-state index in [9.17, 15) is 9.59 Å². The van der Waals surface area contributed by atoms with Crippen LogP contribution < -0.4 is 20.1 Å². The molecule has 2 aromatic carbocycles. The van der Waals surface area contributed by atoms with Crippen molar-refractivity contribution in [2.45, 2.75) is 17.2 Å². The lowest BCUT2D eigenvalue weighted by Crippen LogP contribution is -2.27. The topological polar surface area (TPSA) is 89.5 Å². The highest BCUT2D eigenvalue weighted by atomic mass is 32.2. The van der Waals surface area contributed by atoms with Crippen molar-refractivity contribution in [1.82, 2.24) is 10.3 Å². The molecular weight excluding hydrogens is 446 g/mol. The van der Waals surface area contributed by atoms with Crippen LogP contribution in [0, 0.1) is 0 Å². The number of methoxy groups -OCH3 is 2. The van der Waals surface area contributed by atoms with Crippen molar-refractivity contribution >= 4 is 40.6 Å². The van der Waals surface area contributed by atoms with Crippen LogP contribution in [0.2, 0.25) is 0 Å². The maximum Gasteiger partial charge on any atom is 0.234 e. The van der Waals surface area contributed by atoms with Crippen LogP contribution in [0.4, 0.5) is 5.69 Å². The van der Waals surface area contributed by atoms with Crippen LogP contribution >= 0.6 is 23.1 Å².